The summed E-state index contributed by atoms with van der Waals surface area (Å²) in [5.41, 5.74) is 0.680. The van der Waals surface area contributed by atoms with Gasteiger partial charge in [0.05, 0.1) is 18.4 Å². The molecule has 0 bridgehead atoms. The maximum absolute atomic E-state index is 10.4. The number of nitrogens with zero attached hydrogens (tertiary/aromatic N) is 1. The van der Waals surface area contributed by atoms with Crippen molar-refractivity contribution in [3.63, 3.8) is 0 Å². The largest absolute Gasteiger partial charge is 0.481 e. The number of rotatable bonds is 3. The van der Waals surface area contributed by atoms with Crippen molar-refractivity contribution in [3.05, 3.63) is 34.9 Å². The van der Waals surface area contributed by atoms with Gasteiger partial charge in [-0.3, -0.25) is 4.79 Å². The number of benzene rings is 1. The highest BCUT2D eigenvalue weighted by Crippen LogP contribution is 2.20. The molecular formula is C12H14ClNO2. The second kappa shape index (κ2) is 7.72. The highest BCUT2D eigenvalue weighted by Gasteiger charge is 2.14. The fourth-order valence-electron chi connectivity index (χ4n) is 1.11. The fraction of sp³-hybridized carbons (Fsp3) is 0.333. The first-order valence-corrected chi connectivity index (χ1v) is 5.38. The van der Waals surface area contributed by atoms with Crippen LogP contribution in [0, 0.1) is 11.3 Å². The predicted molar refractivity (Wildman–Crippen MR) is 63.4 cm³/mol. The summed E-state index contributed by atoms with van der Waals surface area (Å²) in [4.78, 5) is 10.4. The third-order valence-corrected chi connectivity index (χ3v) is 2.06. The molecule has 0 fully saturated rings. The van der Waals surface area contributed by atoms with Gasteiger partial charge in [0.25, 0.3) is 0 Å². The number of hydrogen-bond acceptors (Lipinski definition) is 2. The van der Waals surface area contributed by atoms with Gasteiger partial charge in [0.2, 0.25) is 0 Å². The molecule has 0 aliphatic carbocycles. The van der Waals surface area contributed by atoms with Crippen molar-refractivity contribution < 1.29 is 9.90 Å². The Morgan fingerprint density at radius 1 is 1.44 bits per heavy atom. The van der Waals surface area contributed by atoms with Crippen LogP contribution >= 0.6 is 11.6 Å². The van der Waals surface area contributed by atoms with Gasteiger partial charge in [-0.05, 0) is 17.7 Å². The molecule has 0 amide bonds. The van der Waals surface area contributed by atoms with E-state index in [1.165, 1.54) is 0 Å². The van der Waals surface area contributed by atoms with Crippen molar-refractivity contribution in [2.24, 2.45) is 0 Å². The van der Waals surface area contributed by atoms with Gasteiger partial charge in [-0.2, -0.15) is 5.26 Å². The van der Waals surface area contributed by atoms with Crippen LogP contribution < -0.4 is 0 Å². The van der Waals surface area contributed by atoms with Crippen LogP contribution in [0.1, 0.15) is 31.7 Å². The molecular weight excluding hydrogens is 226 g/mol. The highest BCUT2D eigenvalue weighted by molar-refractivity contribution is 6.30. The summed E-state index contributed by atoms with van der Waals surface area (Å²) in [6, 6.07) is 8.56. The number of carboxylic acid groups (broad SMARTS) is 1. The summed E-state index contributed by atoms with van der Waals surface area (Å²) in [5.74, 6) is -1.59. The van der Waals surface area contributed by atoms with E-state index < -0.39 is 11.9 Å². The normalized spacial score (nSPS) is 10.6. The molecule has 4 heteroatoms. The van der Waals surface area contributed by atoms with Crippen LogP contribution in [-0.4, -0.2) is 11.1 Å². The maximum Gasteiger partial charge on any atom is 0.305 e. The quantitative estimate of drug-likeness (QED) is 0.879. The maximum atomic E-state index is 10.4. The average molecular weight is 240 g/mol. The summed E-state index contributed by atoms with van der Waals surface area (Å²) in [6.45, 7) is 4.00. The molecule has 0 aromatic heterocycles. The molecule has 1 aromatic carbocycles. The van der Waals surface area contributed by atoms with E-state index in [0.29, 0.717) is 10.6 Å². The zero-order chi connectivity index (χ0) is 12.6. The molecule has 0 spiro atoms. The van der Waals surface area contributed by atoms with Crippen molar-refractivity contribution in [2.75, 3.05) is 0 Å². The van der Waals surface area contributed by atoms with E-state index in [-0.39, 0.29) is 6.42 Å². The molecule has 1 atom stereocenters. The fourth-order valence-corrected chi connectivity index (χ4v) is 1.23. The Morgan fingerprint density at radius 2 is 1.94 bits per heavy atom. The minimum Gasteiger partial charge on any atom is -0.481 e. The Labute approximate surface area is 100 Å². The minimum absolute atomic E-state index is 0.182. The van der Waals surface area contributed by atoms with Gasteiger partial charge >= 0.3 is 5.97 Å². The lowest BCUT2D eigenvalue weighted by molar-refractivity contribution is -0.137. The van der Waals surface area contributed by atoms with Crippen LogP contribution in [0.25, 0.3) is 0 Å². The monoisotopic (exact) mass is 239 g/mol. The van der Waals surface area contributed by atoms with E-state index in [0.717, 1.165) is 0 Å². The van der Waals surface area contributed by atoms with Gasteiger partial charge in [0, 0.05) is 5.02 Å². The van der Waals surface area contributed by atoms with Crippen LogP contribution in [0.4, 0.5) is 0 Å². The van der Waals surface area contributed by atoms with Crippen LogP contribution in [0.5, 0.6) is 0 Å². The molecule has 1 unspecified atom stereocenters. The van der Waals surface area contributed by atoms with Crippen molar-refractivity contribution >= 4 is 17.6 Å². The molecule has 16 heavy (non-hydrogen) atoms. The first-order chi connectivity index (χ1) is 7.63. The van der Waals surface area contributed by atoms with Gasteiger partial charge in [-0.1, -0.05) is 37.6 Å². The predicted octanol–water partition coefficient (Wildman–Crippen LogP) is 3.45. The molecule has 0 saturated heterocycles. The molecule has 0 radical (unpaired) electrons. The summed E-state index contributed by atoms with van der Waals surface area (Å²) in [6.07, 6.45) is -0.182. The first kappa shape index (κ1) is 14.5. The number of carboxylic acids is 1. The van der Waals surface area contributed by atoms with Gasteiger partial charge < -0.3 is 5.11 Å². The standard InChI is InChI=1S/C10H8ClNO2.C2H6/c11-9-3-1-7(2-4-9)8(6-12)5-10(13)14;1-2/h1-4,8H,5H2,(H,13,14);1-2H3. The summed E-state index contributed by atoms with van der Waals surface area (Å²) < 4.78 is 0. The molecule has 1 rings (SSSR count). The lowest BCUT2D eigenvalue weighted by atomic mass is 9.97. The van der Waals surface area contributed by atoms with E-state index in [9.17, 15) is 4.79 Å². The second-order valence-corrected chi connectivity index (χ2v) is 3.27. The highest BCUT2D eigenvalue weighted by atomic mass is 35.5. The van der Waals surface area contributed by atoms with E-state index in [2.05, 4.69) is 0 Å². The minimum atomic E-state index is -0.980. The molecule has 1 N–H and O–H groups in total. The first-order valence-electron chi connectivity index (χ1n) is 5.00. The number of hydrogen-bond donors (Lipinski definition) is 1. The Balaban J connectivity index is 0.00000106. The second-order valence-electron chi connectivity index (χ2n) is 2.83. The van der Waals surface area contributed by atoms with E-state index in [1.54, 1.807) is 24.3 Å². The van der Waals surface area contributed by atoms with Crippen LogP contribution in [-0.2, 0) is 4.79 Å². The van der Waals surface area contributed by atoms with Crippen LogP contribution in [0.3, 0.4) is 0 Å². The summed E-state index contributed by atoms with van der Waals surface area (Å²) in [5, 5.41) is 17.9. The molecule has 86 valence electrons. The number of halogens is 1. The average Bonchev–Trinajstić information content (AvgIpc) is 2.29. The van der Waals surface area contributed by atoms with E-state index in [4.69, 9.17) is 22.0 Å². The Morgan fingerprint density at radius 3 is 2.31 bits per heavy atom. The Hall–Kier alpha value is -1.53. The Bertz CT molecular complexity index is 368. The molecule has 0 aliphatic rings. The van der Waals surface area contributed by atoms with Crippen molar-refractivity contribution in [1.29, 1.82) is 5.26 Å². The summed E-state index contributed by atoms with van der Waals surface area (Å²) >= 11 is 5.67. The van der Waals surface area contributed by atoms with Crippen LogP contribution in [0.15, 0.2) is 24.3 Å². The molecule has 1 aromatic rings. The van der Waals surface area contributed by atoms with Gasteiger partial charge in [-0.15, -0.1) is 0 Å². The zero-order valence-corrected chi connectivity index (χ0v) is 10.0. The molecule has 0 aliphatic heterocycles. The summed E-state index contributed by atoms with van der Waals surface area (Å²) in [7, 11) is 0. The number of aliphatic carboxylic acids is 1. The number of carbonyl (C=O) groups is 1. The number of nitriles is 1. The Kier molecular flexibility index (Phi) is 6.98. The molecule has 0 heterocycles. The van der Waals surface area contributed by atoms with Gasteiger partial charge in [0.1, 0.15) is 0 Å². The SMILES string of the molecule is CC.N#CC(CC(=O)O)c1ccc(Cl)cc1. The lowest BCUT2D eigenvalue weighted by Gasteiger charge is -2.05. The van der Waals surface area contributed by atoms with Crippen molar-refractivity contribution in [2.45, 2.75) is 26.2 Å². The third-order valence-electron chi connectivity index (χ3n) is 1.81. The van der Waals surface area contributed by atoms with Crippen molar-refractivity contribution in [3.8, 4) is 6.07 Å². The molecule has 0 saturated carbocycles. The topological polar surface area (TPSA) is 61.1 Å². The van der Waals surface area contributed by atoms with Crippen LogP contribution in [0.2, 0.25) is 5.02 Å². The zero-order valence-electron chi connectivity index (χ0n) is 9.27. The van der Waals surface area contributed by atoms with E-state index in [1.807, 2.05) is 19.9 Å². The lowest BCUT2D eigenvalue weighted by Crippen LogP contribution is -2.04. The third kappa shape index (κ3) is 4.81. The van der Waals surface area contributed by atoms with Crippen molar-refractivity contribution in [1.82, 2.24) is 0 Å². The van der Waals surface area contributed by atoms with E-state index >= 15 is 0 Å². The smallest absolute Gasteiger partial charge is 0.305 e. The molecule has 3 nitrogen and oxygen atoms in total. The van der Waals surface area contributed by atoms with Gasteiger partial charge in [0.15, 0.2) is 0 Å². The van der Waals surface area contributed by atoms with Gasteiger partial charge in [-0.25, -0.2) is 0 Å².